The van der Waals surface area contributed by atoms with Crippen LogP contribution in [0.4, 0.5) is 0 Å². The number of thioether (sulfide) groups is 1. The van der Waals surface area contributed by atoms with Crippen LogP contribution in [-0.2, 0) is 4.79 Å². The van der Waals surface area contributed by atoms with Crippen molar-refractivity contribution in [3.8, 4) is 11.8 Å². The van der Waals surface area contributed by atoms with Crippen molar-refractivity contribution in [3.63, 3.8) is 0 Å². The van der Waals surface area contributed by atoms with Gasteiger partial charge in [-0.25, -0.2) is 4.98 Å². The number of carbonyl (C=O) groups is 1. The summed E-state index contributed by atoms with van der Waals surface area (Å²) in [6.45, 7) is 5.35. The number of hydrogen-bond acceptors (Lipinski definition) is 6. The molecule has 0 spiro atoms. The fourth-order valence-corrected chi connectivity index (χ4v) is 4.02. The van der Waals surface area contributed by atoms with Crippen molar-refractivity contribution in [1.29, 1.82) is 10.7 Å². The minimum Gasteiger partial charge on any atom is -0.308 e. The standard InChI is InChI=1S/C22H20N4O2S/c1-13-8-9-19(14(2)10-13)26-21(28)16-6-4-5-7-18(16)25-22(26)29-12-20(27)17(11-23)15(3)24/h4-10,17,24H,12H2,1-3H3/t17-/m0/s1. The Hall–Kier alpha value is -3.24. The quantitative estimate of drug-likeness (QED) is 0.382. The second-order valence-corrected chi connectivity index (χ2v) is 7.78. The predicted molar refractivity (Wildman–Crippen MR) is 115 cm³/mol. The minimum atomic E-state index is -1.08. The molecule has 1 atom stereocenters. The third-order valence-corrected chi connectivity index (χ3v) is 5.53. The van der Waals surface area contributed by atoms with Crippen LogP contribution in [0.15, 0.2) is 52.4 Å². The Bertz CT molecular complexity index is 1220. The molecule has 2 aromatic carbocycles. The first-order chi connectivity index (χ1) is 13.8. The maximum Gasteiger partial charge on any atom is 0.266 e. The summed E-state index contributed by atoms with van der Waals surface area (Å²) in [6, 6.07) is 14.7. The lowest BCUT2D eigenvalue weighted by atomic mass is 10.0. The van der Waals surface area contributed by atoms with E-state index >= 15 is 0 Å². The monoisotopic (exact) mass is 404 g/mol. The number of benzene rings is 2. The van der Waals surface area contributed by atoms with Gasteiger partial charge in [0.05, 0.1) is 28.4 Å². The lowest BCUT2D eigenvalue weighted by Gasteiger charge is -2.16. The lowest BCUT2D eigenvalue weighted by Crippen LogP contribution is -2.25. The molecule has 1 N–H and O–H groups in total. The molecule has 3 aromatic rings. The van der Waals surface area contributed by atoms with Gasteiger partial charge in [0, 0.05) is 5.71 Å². The molecule has 1 aromatic heterocycles. The van der Waals surface area contributed by atoms with Gasteiger partial charge in [-0.2, -0.15) is 5.26 Å². The smallest absolute Gasteiger partial charge is 0.266 e. The SMILES string of the molecule is CC(=N)[C@H](C#N)C(=O)CSc1nc2ccccc2c(=O)n1-c1ccc(C)cc1C. The van der Waals surface area contributed by atoms with E-state index in [0.717, 1.165) is 22.9 Å². The van der Waals surface area contributed by atoms with Gasteiger partial charge in [-0.15, -0.1) is 0 Å². The fraction of sp³-hybridized carbons (Fsp3) is 0.227. The Morgan fingerprint density at radius 1 is 1.28 bits per heavy atom. The topological polar surface area (TPSA) is 99.6 Å². The molecule has 0 aliphatic heterocycles. The summed E-state index contributed by atoms with van der Waals surface area (Å²) in [6.07, 6.45) is 0. The van der Waals surface area contributed by atoms with Gasteiger partial charge in [-0.05, 0) is 44.5 Å². The van der Waals surface area contributed by atoms with E-state index in [9.17, 15) is 9.59 Å². The van der Waals surface area contributed by atoms with Gasteiger partial charge in [0.25, 0.3) is 5.56 Å². The second-order valence-electron chi connectivity index (χ2n) is 6.84. The number of nitrogens with one attached hydrogen (secondary N) is 1. The molecule has 7 heteroatoms. The molecule has 0 amide bonds. The Labute approximate surface area is 172 Å². The van der Waals surface area contributed by atoms with Crippen molar-refractivity contribution >= 4 is 34.2 Å². The number of para-hydroxylation sites is 1. The number of nitrogens with zero attached hydrogens (tertiary/aromatic N) is 3. The van der Waals surface area contributed by atoms with E-state index in [2.05, 4.69) is 4.98 Å². The highest BCUT2D eigenvalue weighted by atomic mass is 32.2. The van der Waals surface area contributed by atoms with Crippen LogP contribution in [0, 0.1) is 36.5 Å². The average Bonchev–Trinajstić information content (AvgIpc) is 2.68. The van der Waals surface area contributed by atoms with Crippen LogP contribution in [0.3, 0.4) is 0 Å². The summed E-state index contributed by atoms with van der Waals surface area (Å²) in [5.74, 6) is -1.51. The summed E-state index contributed by atoms with van der Waals surface area (Å²) < 4.78 is 1.52. The van der Waals surface area contributed by atoms with Crippen molar-refractivity contribution in [2.45, 2.75) is 25.9 Å². The minimum absolute atomic E-state index is 0.0105. The van der Waals surface area contributed by atoms with Gasteiger partial charge >= 0.3 is 0 Å². The molecule has 0 aliphatic carbocycles. The molecule has 0 saturated carbocycles. The zero-order valence-electron chi connectivity index (χ0n) is 16.4. The third kappa shape index (κ3) is 4.13. The van der Waals surface area contributed by atoms with Crippen molar-refractivity contribution in [1.82, 2.24) is 9.55 Å². The molecule has 0 bridgehead atoms. The van der Waals surface area contributed by atoms with Gasteiger partial charge in [0.2, 0.25) is 0 Å². The number of carbonyl (C=O) groups excluding carboxylic acids is 1. The number of ketones is 1. The van der Waals surface area contributed by atoms with Crippen molar-refractivity contribution in [3.05, 3.63) is 63.9 Å². The Morgan fingerprint density at radius 3 is 2.66 bits per heavy atom. The molecule has 29 heavy (non-hydrogen) atoms. The van der Waals surface area contributed by atoms with E-state index in [1.807, 2.05) is 38.1 Å². The van der Waals surface area contributed by atoms with Crippen LogP contribution in [-0.4, -0.2) is 26.8 Å². The number of rotatable bonds is 6. The maximum atomic E-state index is 13.3. The summed E-state index contributed by atoms with van der Waals surface area (Å²) >= 11 is 1.11. The van der Waals surface area contributed by atoms with E-state index in [1.54, 1.807) is 24.3 Å². The van der Waals surface area contributed by atoms with Gasteiger partial charge in [-0.1, -0.05) is 41.6 Å². The van der Waals surface area contributed by atoms with Crippen LogP contribution >= 0.6 is 11.8 Å². The van der Waals surface area contributed by atoms with E-state index in [-0.39, 0.29) is 22.8 Å². The third-order valence-electron chi connectivity index (χ3n) is 4.57. The highest BCUT2D eigenvalue weighted by Gasteiger charge is 2.22. The zero-order chi connectivity index (χ0) is 21.1. The average molecular weight is 404 g/mol. The van der Waals surface area contributed by atoms with E-state index in [0.29, 0.717) is 21.7 Å². The Morgan fingerprint density at radius 2 is 2.00 bits per heavy atom. The number of aryl methyl sites for hydroxylation is 2. The molecule has 0 radical (unpaired) electrons. The fourth-order valence-electron chi connectivity index (χ4n) is 3.11. The van der Waals surface area contributed by atoms with E-state index in [1.165, 1.54) is 11.5 Å². The first kappa shape index (κ1) is 20.5. The summed E-state index contributed by atoms with van der Waals surface area (Å²) in [5.41, 5.74) is 3.05. The first-order valence-electron chi connectivity index (χ1n) is 9.03. The maximum absolute atomic E-state index is 13.3. The molecule has 1 heterocycles. The van der Waals surface area contributed by atoms with E-state index in [4.69, 9.17) is 10.7 Å². The molecule has 3 rings (SSSR count). The molecule has 0 unspecified atom stereocenters. The largest absolute Gasteiger partial charge is 0.308 e. The van der Waals surface area contributed by atoms with Crippen LogP contribution < -0.4 is 5.56 Å². The van der Waals surface area contributed by atoms with Gasteiger partial charge in [-0.3, -0.25) is 14.2 Å². The van der Waals surface area contributed by atoms with Crippen LogP contribution in [0.1, 0.15) is 18.1 Å². The number of aromatic nitrogens is 2. The molecule has 146 valence electrons. The predicted octanol–water partition coefficient (Wildman–Crippen LogP) is 3.84. The number of hydrogen-bond donors (Lipinski definition) is 1. The van der Waals surface area contributed by atoms with Crippen molar-refractivity contribution in [2.24, 2.45) is 5.92 Å². The van der Waals surface area contributed by atoms with Crippen LogP contribution in [0.25, 0.3) is 16.6 Å². The highest BCUT2D eigenvalue weighted by Crippen LogP contribution is 2.24. The lowest BCUT2D eigenvalue weighted by molar-refractivity contribution is -0.117. The van der Waals surface area contributed by atoms with E-state index < -0.39 is 5.92 Å². The van der Waals surface area contributed by atoms with Crippen LogP contribution in [0.5, 0.6) is 0 Å². The van der Waals surface area contributed by atoms with Gasteiger partial charge in [0.15, 0.2) is 10.9 Å². The summed E-state index contributed by atoms with van der Waals surface area (Å²) in [5, 5.41) is 17.6. The van der Waals surface area contributed by atoms with Gasteiger partial charge in [0.1, 0.15) is 5.92 Å². The molecule has 0 fully saturated rings. The molecular weight excluding hydrogens is 384 g/mol. The summed E-state index contributed by atoms with van der Waals surface area (Å²) in [7, 11) is 0. The zero-order valence-corrected chi connectivity index (χ0v) is 17.2. The van der Waals surface area contributed by atoms with Crippen molar-refractivity contribution in [2.75, 3.05) is 5.75 Å². The van der Waals surface area contributed by atoms with Crippen LogP contribution in [0.2, 0.25) is 0 Å². The number of Topliss-reactive ketones (excluding diaryl/α,β-unsaturated/α-hetero) is 1. The Kier molecular flexibility index (Phi) is 5.95. The molecule has 0 aliphatic rings. The van der Waals surface area contributed by atoms with Crippen molar-refractivity contribution < 1.29 is 4.79 Å². The molecule has 0 saturated heterocycles. The second kappa shape index (κ2) is 8.41. The first-order valence-corrected chi connectivity index (χ1v) is 10.0. The number of nitriles is 1. The van der Waals surface area contributed by atoms with Gasteiger partial charge < -0.3 is 5.41 Å². The Balaban J connectivity index is 2.13. The highest BCUT2D eigenvalue weighted by molar-refractivity contribution is 7.99. The molecular formula is C22H20N4O2S. The summed E-state index contributed by atoms with van der Waals surface area (Å²) in [4.78, 5) is 30.3. The molecule has 6 nitrogen and oxygen atoms in total. The number of fused-ring (bicyclic) bond motifs is 1. The normalized spacial score (nSPS) is 11.8.